The lowest BCUT2D eigenvalue weighted by Gasteiger charge is -2.29. The van der Waals surface area contributed by atoms with Gasteiger partial charge in [-0.3, -0.25) is 0 Å². The number of fused-ring (bicyclic) bond motifs is 3. The average Bonchev–Trinajstić information content (AvgIpc) is 3.27. The zero-order valence-corrected chi connectivity index (χ0v) is 30.3. The predicted octanol–water partition coefficient (Wildman–Crippen LogP) is 15.3. The van der Waals surface area contributed by atoms with E-state index in [4.69, 9.17) is 0 Å². The molecular weight excluding hydrogens is 663 g/mol. The lowest BCUT2D eigenvalue weighted by Crippen LogP contribution is -2.11. The van der Waals surface area contributed by atoms with Crippen LogP contribution in [0.5, 0.6) is 0 Å². The van der Waals surface area contributed by atoms with E-state index < -0.39 is 0 Å². The van der Waals surface area contributed by atoms with E-state index in [1.807, 2.05) is 0 Å². The first-order chi connectivity index (χ1) is 27.3. The fourth-order valence-corrected chi connectivity index (χ4v) is 8.24. The smallest absolute Gasteiger partial charge is 0.0540 e. The highest BCUT2D eigenvalue weighted by Crippen LogP contribution is 2.45. The molecule has 0 aliphatic heterocycles. The van der Waals surface area contributed by atoms with Crippen molar-refractivity contribution in [1.82, 2.24) is 0 Å². The molecule has 10 aromatic carbocycles. The molecule has 0 radical (unpaired) electrons. The van der Waals surface area contributed by atoms with Crippen LogP contribution in [0.15, 0.2) is 224 Å². The number of rotatable bonds is 7. The molecule has 1 nitrogen and oxygen atoms in total. The van der Waals surface area contributed by atoms with Crippen molar-refractivity contribution in [3.63, 3.8) is 0 Å². The van der Waals surface area contributed by atoms with Crippen molar-refractivity contribution in [2.24, 2.45) is 0 Å². The molecule has 0 amide bonds. The summed E-state index contributed by atoms with van der Waals surface area (Å²) in [4.78, 5) is 2.43. The first-order valence-electron chi connectivity index (χ1n) is 18.9. The van der Waals surface area contributed by atoms with Gasteiger partial charge in [-0.2, -0.15) is 0 Å². The Morgan fingerprint density at radius 2 is 0.745 bits per heavy atom. The second kappa shape index (κ2) is 14.0. The van der Waals surface area contributed by atoms with Crippen molar-refractivity contribution in [2.45, 2.75) is 0 Å². The van der Waals surface area contributed by atoms with Crippen LogP contribution in [0.25, 0.3) is 76.8 Å². The van der Waals surface area contributed by atoms with Crippen LogP contribution in [0.2, 0.25) is 0 Å². The molecule has 0 aromatic heterocycles. The van der Waals surface area contributed by atoms with Crippen molar-refractivity contribution in [3.8, 4) is 44.5 Å². The Kier molecular flexibility index (Phi) is 8.24. The minimum Gasteiger partial charge on any atom is -0.309 e. The van der Waals surface area contributed by atoms with Gasteiger partial charge in [-0.25, -0.2) is 0 Å². The Balaban J connectivity index is 1.13. The number of nitrogens with zero attached hydrogens (tertiary/aromatic N) is 1. The van der Waals surface area contributed by atoms with Gasteiger partial charge in [-0.05, 0) is 96.4 Å². The molecule has 0 heterocycles. The Morgan fingerprint density at radius 1 is 0.236 bits per heavy atom. The molecule has 0 saturated heterocycles. The Bertz CT molecular complexity index is 2950. The normalized spacial score (nSPS) is 11.3. The zero-order chi connectivity index (χ0) is 36.6. The van der Waals surface area contributed by atoms with Gasteiger partial charge < -0.3 is 4.90 Å². The molecule has 258 valence electrons. The molecule has 0 aliphatic rings. The summed E-state index contributed by atoms with van der Waals surface area (Å²) in [5.41, 5.74) is 13.1. The van der Waals surface area contributed by atoms with Crippen molar-refractivity contribution in [3.05, 3.63) is 224 Å². The molecule has 55 heavy (non-hydrogen) atoms. The van der Waals surface area contributed by atoms with Crippen LogP contribution in [0, 0.1) is 0 Å². The van der Waals surface area contributed by atoms with Crippen molar-refractivity contribution >= 4 is 49.4 Å². The number of hydrogen-bond donors (Lipinski definition) is 0. The lowest BCUT2D eigenvalue weighted by molar-refractivity contribution is 1.31. The molecule has 1 heteroatoms. The molecule has 0 unspecified atom stereocenters. The lowest BCUT2D eigenvalue weighted by atomic mass is 9.89. The zero-order valence-electron chi connectivity index (χ0n) is 30.3. The summed E-state index contributed by atoms with van der Waals surface area (Å²) in [7, 11) is 0. The monoisotopic (exact) mass is 699 g/mol. The second-order valence-corrected chi connectivity index (χ2v) is 14.1. The van der Waals surface area contributed by atoms with E-state index in [1.165, 1.54) is 76.8 Å². The van der Waals surface area contributed by atoms with Crippen LogP contribution < -0.4 is 4.90 Å². The van der Waals surface area contributed by atoms with Crippen LogP contribution in [0.3, 0.4) is 0 Å². The summed E-state index contributed by atoms with van der Waals surface area (Å²) in [6.07, 6.45) is 0. The molecule has 0 saturated carbocycles. The largest absolute Gasteiger partial charge is 0.309 e. The topological polar surface area (TPSA) is 3.24 Å². The summed E-state index contributed by atoms with van der Waals surface area (Å²) >= 11 is 0. The average molecular weight is 700 g/mol. The summed E-state index contributed by atoms with van der Waals surface area (Å²) in [5.74, 6) is 0. The van der Waals surface area contributed by atoms with E-state index in [2.05, 4.69) is 229 Å². The predicted molar refractivity (Wildman–Crippen MR) is 235 cm³/mol. The maximum absolute atomic E-state index is 2.43. The minimum atomic E-state index is 1.10. The maximum atomic E-state index is 2.43. The molecule has 0 N–H and O–H groups in total. The van der Waals surface area contributed by atoms with E-state index in [0.717, 1.165) is 17.1 Å². The molecule has 10 aromatic rings. The Hall–Kier alpha value is -7.22. The van der Waals surface area contributed by atoms with Crippen LogP contribution in [-0.2, 0) is 0 Å². The third kappa shape index (κ3) is 5.93. The van der Waals surface area contributed by atoms with Crippen molar-refractivity contribution < 1.29 is 0 Å². The molecular formula is C54H37N. The molecule has 0 aliphatic carbocycles. The van der Waals surface area contributed by atoms with Gasteiger partial charge in [0.25, 0.3) is 0 Å². The highest BCUT2D eigenvalue weighted by molar-refractivity contribution is 6.09. The number of anilines is 3. The van der Waals surface area contributed by atoms with Crippen LogP contribution in [0.4, 0.5) is 17.1 Å². The molecule has 0 bridgehead atoms. The van der Waals surface area contributed by atoms with Gasteiger partial charge in [0.05, 0.1) is 11.4 Å². The van der Waals surface area contributed by atoms with Gasteiger partial charge in [0, 0.05) is 16.5 Å². The van der Waals surface area contributed by atoms with Gasteiger partial charge >= 0.3 is 0 Å². The summed E-state index contributed by atoms with van der Waals surface area (Å²) < 4.78 is 0. The first-order valence-corrected chi connectivity index (χ1v) is 18.9. The standard InChI is InChI=1S/C54H37N/c1-3-15-39(16-4-1)46-35-36-54(51-26-12-11-25-49(46)51)55(53-28-14-22-42-20-8-10-24-48(42)53)44-32-29-38(30-33-44)43-31-34-47(40-17-5-2-6-18-40)52(37-43)50-27-13-21-41-19-7-9-23-45(41)50/h1-37H. The van der Waals surface area contributed by atoms with Crippen molar-refractivity contribution in [2.75, 3.05) is 4.90 Å². The third-order valence-electron chi connectivity index (χ3n) is 10.9. The van der Waals surface area contributed by atoms with E-state index >= 15 is 0 Å². The van der Waals surface area contributed by atoms with E-state index in [9.17, 15) is 0 Å². The van der Waals surface area contributed by atoms with Crippen LogP contribution in [-0.4, -0.2) is 0 Å². The van der Waals surface area contributed by atoms with Crippen molar-refractivity contribution in [1.29, 1.82) is 0 Å². The first kappa shape index (κ1) is 32.4. The van der Waals surface area contributed by atoms with Gasteiger partial charge in [0.2, 0.25) is 0 Å². The highest BCUT2D eigenvalue weighted by Gasteiger charge is 2.20. The maximum Gasteiger partial charge on any atom is 0.0540 e. The van der Waals surface area contributed by atoms with Gasteiger partial charge in [0.15, 0.2) is 0 Å². The van der Waals surface area contributed by atoms with Gasteiger partial charge in [0.1, 0.15) is 0 Å². The molecule has 10 rings (SSSR count). The molecule has 0 atom stereocenters. The summed E-state index contributed by atoms with van der Waals surface area (Å²) in [6.45, 7) is 0. The Morgan fingerprint density at radius 3 is 1.47 bits per heavy atom. The SMILES string of the molecule is c1ccc(-c2ccc(-c3ccc(N(c4cccc5ccccc45)c4ccc(-c5ccccc5)c5ccccc45)cc3)cc2-c2cccc3ccccc23)cc1. The van der Waals surface area contributed by atoms with Crippen LogP contribution in [0.1, 0.15) is 0 Å². The van der Waals surface area contributed by atoms with Gasteiger partial charge in [-0.15, -0.1) is 0 Å². The third-order valence-corrected chi connectivity index (χ3v) is 10.9. The summed E-state index contributed by atoms with van der Waals surface area (Å²) in [5, 5.41) is 7.36. The quantitative estimate of drug-likeness (QED) is 0.160. The van der Waals surface area contributed by atoms with Crippen LogP contribution >= 0.6 is 0 Å². The molecule has 0 spiro atoms. The summed E-state index contributed by atoms with van der Waals surface area (Å²) in [6, 6.07) is 81.4. The minimum absolute atomic E-state index is 1.10. The van der Waals surface area contributed by atoms with Gasteiger partial charge in [-0.1, -0.05) is 194 Å². The fraction of sp³-hybridized carbons (Fsp3) is 0. The van der Waals surface area contributed by atoms with E-state index in [-0.39, 0.29) is 0 Å². The molecule has 0 fully saturated rings. The van der Waals surface area contributed by atoms with E-state index in [0.29, 0.717) is 0 Å². The van der Waals surface area contributed by atoms with E-state index in [1.54, 1.807) is 0 Å². The number of benzene rings is 10. The highest BCUT2D eigenvalue weighted by atomic mass is 15.1. The second-order valence-electron chi connectivity index (χ2n) is 14.1. The Labute approximate surface area is 322 Å². The fourth-order valence-electron chi connectivity index (χ4n) is 8.24. The number of hydrogen-bond acceptors (Lipinski definition) is 1.